The van der Waals surface area contributed by atoms with E-state index in [1.165, 1.54) is 0 Å². The standard InChI is InChI=1S/C19H24ClF2N7O/c1-27-9-13(8-24-27)25-18-23-7-5-16(26-18)28-10-14-2-3-15(11-28)29(14)17(30)4-6-19(21,22)12-20/h5,7-9,14-15H,2-4,6,10-12H2,1H3,(H,23,25,26)/t14-,15+. The molecule has 2 aromatic rings. The summed E-state index contributed by atoms with van der Waals surface area (Å²) in [6.45, 7) is 1.25. The van der Waals surface area contributed by atoms with Gasteiger partial charge >= 0.3 is 0 Å². The van der Waals surface area contributed by atoms with Crippen LogP contribution in [0.3, 0.4) is 0 Å². The number of nitrogens with zero attached hydrogens (tertiary/aromatic N) is 6. The summed E-state index contributed by atoms with van der Waals surface area (Å²) < 4.78 is 28.5. The van der Waals surface area contributed by atoms with E-state index >= 15 is 0 Å². The molecule has 2 atom stereocenters. The Bertz CT molecular complexity index is 895. The number of halogens is 3. The molecule has 8 nitrogen and oxygen atoms in total. The van der Waals surface area contributed by atoms with Gasteiger partial charge in [0.1, 0.15) is 5.82 Å². The zero-order valence-electron chi connectivity index (χ0n) is 16.6. The second-order valence-electron chi connectivity index (χ2n) is 7.85. The number of hydrogen-bond donors (Lipinski definition) is 1. The number of rotatable bonds is 7. The molecule has 4 heterocycles. The lowest BCUT2D eigenvalue weighted by atomic mass is 10.1. The van der Waals surface area contributed by atoms with Crippen molar-refractivity contribution >= 4 is 35.0 Å². The molecule has 0 spiro atoms. The summed E-state index contributed by atoms with van der Waals surface area (Å²) in [4.78, 5) is 25.4. The molecule has 4 rings (SSSR count). The number of amides is 1. The maximum absolute atomic E-state index is 13.4. The Labute approximate surface area is 178 Å². The molecule has 2 saturated heterocycles. The third kappa shape index (κ3) is 4.48. The molecular formula is C19H24ClF2N7O. The highest BCUT2D eigenvalue weighted by molar-refractivity contribution is 6.18. The van der Waals surface area contributed by atoms with Crippen molar-refractivity contribution in [1.82, 2.24) is 24.6 Å². The summed E-state index contributed by atoms with van der Waals surface area (Å²) in [5.74, 6) is -2.74. The molecule has 1 N–H and O–H groups in total. The van der Waals surface area contributed by atoms with Crippen molar-refractivity contribution in [2.45, 2.75) is 43.7 Å². The first-order valence-corrected chi connectivity index (χ1v) is 10.5. The zero-order chi connectivity index (χ0) is 21.3. The van der Waals surface area contributed by atoms with Crippen molar-refractivity contribution in [1.29, 1.82) is 0 Å². The third-order valence-corrected chi connectivity index (χ3v) is 5.99. The first-order chi connectivity index (χ1) is 14.3. The second-order valence-corrected chi connectivity index (χ2v) is 8.11. The highest BCUT2D eigenvalue weighted by Crippen LogP contribution is 2.34. The summed E-state index contributed by atoms with van der Waals surface area (Å²) in [6, 6.07) is 1.85. The van der Waals surface area contributed by atoms with E-state index in [0.29, 0.717) is 19.0 Å². The van der Waals surface area contributed by atoms with E-state index < -0.39 is 18.2 Å². The van der Waals surface area contributed by atoms with Crippen LogP contribution in [0.2, 0.25) is 0 Å². The first-order valence-electron chi connectivity index (χ1n) is 9.93. The molecular weight excluding hydrogens is 416 g/mol. The molecule has 0 aromatic carbocycles. The predicted octanol–water partition coefficient (Wildman–Crippen LogP) is 2.79. The van der Waals surface area contributed by atoms with E-state index in [0.717, 1.165) is 24.3 Å². The van der Waals surface area contributed by atoms with Crippen LogP contribution in [0.4, 0.5) is 26.2 Å². The summed E-state index contributed by atoms with van der Waals surface area (Å²) in [6.07, 6.45) is 6.25. The minimum Gasteiger partial charge on any atom is -0.352 e. The van der Waals surface area contributed by atoms with Gasteiger partial charge < -0.3 is 15.1 Å². The van der Waals surface area contributed by atoms with Crippen LogP contribution in [0.25, 0.3) is 0 Å². The number of nitrogens with one attached hydrogen (secondary N) is 1. The van der Waals surface area contributed by atoms with Gasteiger partial charge in [-0.1, -0.05) is 0 Å². The molecule has 2 aromatic heterocycles. The van der Waals surface area contributed by atoms with Gasteiger partial charge in [-0.25, -0.2) is 13.8 Å². The lowest BCUT2D eigenvalue weighted by Gasteiger charge is -2.41. The first kappa shape index (κ1) is 20.8. The van der Waals surface area contributed by atoms with Gasteiger partial charge in [-0.05, 0) is 18.9 Å². The molecule has 11 heteroatoms. The smallest absolute Gasteiger partial charge is 0.261 e. The lowest BCUT2D eigenvalue weighted by molar-refractivity contribution is -0.136. The van der Waals surface area contributed by atoms with Gasteiger partial charge in [0.05, 0.1) is 17.8 Å². The van der Waals surface area contributed by atoms with Crippen LogP contribution in [0.15, 0.2) is 24.7 Å². The Hall–Kier alpha value is -2.49. The van der Waals surface area contributed by atoms with E-state index in [-0.39, 0.29) is 24.4 Å². The van der Waals surface area contributed by atoms with Crippen molar-refractivity contribution in [3.05, 3.63) is 24.7 Å². The van der Waals surface area contributed by atoms with Crippen molar-refractivity contribution in [2.75, 3.05) is 29.2 Å². The van der Waals surface area contributed by atoms with E-state index in [1.54, 1.807) is 22.0 Å². The van der Waals surface area contributed by atoms with Crippen LogP contribution in [0, 0.1) is 0 Å². The van der Waals surface area contributed by atoms with Gasteiger partial charge in [-0.2, -0.15) is 10.1 Å². The van der Waals surface area contributed by atoms with Crippen LogP contribution in [0.5, 0.6) is 0 Å². The average molecular weight is 440 g/mol. The number of aromatic nitrogens is 4. The molecule has 1 amide bonds. The van der Waals surface area contributed by atoms with Gasteiger partial charge in [-0.3, -0.25) is 9.48 Å². The van der Waals surface area contributed by atoms with Crippen LogP contribution in [0.1, 0.15) is 25.7 Å². The normalized spacial score (nSPS) is 21.2. The van der Waals surface area contributed by atoms with Crippen molar-refractivity contribution in [3.8, 4) is 0 Å². The molecule has 30 heavy (non-hydrogen) atoms. The van der Waals surface area contributed by atoms with E-state index in [4.69, 9.17) is 11.6 Å². The number of anilines is 3. The molecule has 2 bridgehead atoms. The summed E-state index contributed by atoms with van der Waals surface area (Å²) in [7, 11) is 1.83. The topological polar surface area (TPSA) is 79.2 Å². The number of piperazine rings is 1. The maximum atomic E-state index is 13.4. The molecule has 0 unspecified atom stereocenters. The summed E-state index contributed by atoms with van der Waals surface area (Å²) >= 11 is 5.28. The van der Waals surface area contributed by atoms with Gasteiger partial charge in [0.2, 0.25) is 11.9 Å². The fraction of sp³-hybridized carbons (Fsp3) is 0.579. The van der Waals surface area contributed by atoms with Crippen LogP contribution < -0.4 is 10.2 Å². The Morgan fingerprint density at radius 2 is 2.07 bits per heavy atom. The van der Waals surface area contributed by atoms with Crippen molar-refractivity contribution in [2.24, 2.45) is 7.05 Å². The number of carbonyl (C=O) groups is 1. The van der Waals surface area contributed by atoms with Gasteiger partial charge in [0.25, 0.3) is 5.92 Å². The minimum absolute atomic E-state index is 0.00516. The van der Waals surface area contributed by atoms with E-state index in [9.17, 15) is 13.6 Å². The SMILES string of the molecule is Cn1cc(Nc2nccc(N3C[C@H]4CC[C@@H](C3)N4C(=O)CCC(F)(F)CCl)n2)cn1. The monoisotopic (exact) mass is 439 g/mol. The zero-order valence-corrected chi connectivity index (χ0v) is 17.4. The fourth-order valence-electron chi connectivity index (χ4n) is 4.18. The van der Waals surface area contributed by atoms with Crippen LogP contribution in [-0.2, 0) is 11.8 Å². The second kappa shape index (κ2) is 8.33. The molecule has 0 aliphatic carbocycles. The van der Waals surface area contributed by atoms with E-state index in [2.05, 4.69) is 25.3 Å². The van der Waals surface area contributed by atoms with Gasteiger partial charge in [-0.15, -0.1) is 11.6 Å². The predicted molar refractivity (Wildman–Crippen MR) is 109 cm³/mol. The summed E-state index contributed by atoms with van der Waals surface area (Å²) in [5.41, 5.74) is 0.791. The van der Waals surface area contributed by atoms with E-state index in [1.807, 2.05) is 19.3 Å². The fourth-order valence-corrected chi connectivity index (χ4v) is 4.32. The molecule has 2 fully saturated rings. The number of carbonyl (C=O) groups excluding carboxylic acids is 1. The van der Waals surface area contributed by atoms with Gasteiger partial charge in [0.15, 0.2) is 0 Å². The highest BCUT2D eigenvalue weighted by atomic mass is 35.5. The lowest BCUT2D eigenvalue weighted by Crippen LogP contribution is -2.56. The summed E-state index contributed by atoms with van der Waals surface area (Å²) in [5, 5.41) is 7.24. The quantitative estimate of drug-likeness (QED) is 0.668. The molecule has 0 saturated carbocycles. The number of hydrogen-bond acceptors (Lipinski definition) is 6. The van der Waals surface area contributed by atoms with Gasteiger partial charge in [0, 0.05) is 57.5 Å². The van der Waals surface area contributed by atoms with Crippen LogP contribution in [-0.4, -0.2) is 67.5 Å². The Morgan fingerprint density at radius 3 is 2.70 bits per heavy atom. The number of alkyl halides is 3. The average Bonchev–Trinajstić information content (AvgIpc) is 3.25. The van der Waals surface area contributed by atoms with Crippen molar-refractivity contribution in [3.63, 3.8) is 0 Å². The highest BCUT2D eigenvalue weighted by Gasteiger charge is 2.43. The molecule has 2 aliphatic heterocycles. The van der Waals surface area contributed by atoms with Crippen LogP contribution >= 0.6 is 11.6 Å². The largest absolute Gasteiger partial charge is 0.352 e. The molecule has 2 aliphatic rings. The molecule has 162 valence electrons. The number of aryl methyl sites for hydroxylation is 1. The number of fused-ring (bicyclic) bond motifs is 2. The minimum atomic E-state index is -3.00. The maximum Gasteiger partial charge on any atom is 0.261 e. The third-order valence-electron chi connectivity index (χ3n) is 5.60. The van der Waals surface area contributed by atoms with Crippen molar-refractivity contribution < 1.29 is 13.6 Å². The Kier molecular flexibility index (Phi) is 5.77. The Balaban J connectivity index is 1.41. The Morgan fingerprint density at radius 1 is 1.33 bits per heavy atom. The molecule has 0 radical (unpaired) electrons.